The zero-order valence-corrected chi connectivity index (χ0v) is 11.6. The van der Waals surface area contributed by atoms with Crippen LogP contribution in [-0.2, 0) is 11.3 Å². The quantitative estimate of drug-likeness (QED) is 0.881. The number of piperidine rings is 1. The van der Waals surface area contributed by atoms with Gasteiger partial charge >= 0.3 is 0 Å². The highest BCUT2D eigenvalue weighted by atomic mass is 16.3. The molecule has 1 amide bonds. The van der Waals surface area contributed by atoms with Gasteiger partial charge in [-0.2, -0.15) is 0 Å². The van der Waals surface area contributed by atoms with E-state index in [1.54, 1.807) is 6.26 Å². The van der Waals surface area contributed by atoms with Gasteiger partial charge in [0.2, 0.25) is 5.91 Å². The Bertz CT molecular complexity index is 429. The number of rotatable bonds is 5. The number of nitrogens with zero attached hydrogens (tertiary/aromatic N) is 1. The smallest absolute Gasteiger partial charge is 0.220 e. The summed E-state index contributed by atoms with van der Waals surface area (Å²) >= 11 is 0. The van der Waals surface area contributed by atoms with Crippen molar-refractivity contribution >= 4 is 5.91 Å². The Morgan fingerprint density at radius 1 is 1.47 bits per heavy atom. The van der Waals surface area contributed by atoms with E-state index in [-0.39, 0.29) is 11.9 Å². The van der Waals surface area contributed by atoms with Crippen molar-refractivity contribution in [2.24, 2.45) is 17.8 Å². The first-order valence-corrected chi connectivity index (χ1v) is 7.17. The largest absolute Gasteiger partial charge is 0.468 e. The van der Waals surface area contributed by atoms with Crippen LogP contribution in [0, 0.1) is 17.8 Å². The van der Waals surface area contributed by atoms with Crippen LogP contribution in [-0.4, -0.2) is 29.9 Å². The fourth-order valence-electron chi connectivity index (χ4n) is 3.39. The van der Waals surface area contributed by atoms with Crippen LogP contribution in [0.5, 0.6) is 0 Å². The lowest BCUT2D eigenvalue weighted by Crippen LogP contribution is -2.31. The molecule has 0 aromatic carbocycles. The first-order chi connectivity index (χ1) is 9.13. The van der Waals surface area contributed by atoms with Gasteiger partial charge in [-0.05, 0) is 43.7 Å². The fraction of sp³-hybridized carbons (Fsp3) is 0.667. The second-order valence-corrected chi connectivity index (χ2v) is 6.19. The molecule has 2 fully saturated rings. The number of furan rings is 1. The molecule has 1 aromatic heterocycles. The number of hydrogen-bond donors (Lipinski definition) is 1. The van der Waals surface area contributed by atoms with Gasteiger partial charge in [-0.15, -0.1) is 0 Å². The minimum Gasteiger partial charge on any atom is -0.468 e. The highest BCUT2D eigenvalue weighted by Gasteiger charge is 2.55. The van der Waals surface area contributed by atoms with E-state index in [2.05, 4.69) is 10.2 Å². The Hall–Kier alpha value is -1.29. The zero-order valence-electron chi connectivity index (χ0n) is 11.6. The molecule has 2 heterocycles. The lowest BCUT2D eigenvalue weighted by Gasteiger charge is -2.18. The molecule has 1 aliphatic heterocycles. The summed E-state index contributed by atoms with van der Waals surface area (Å²) in [7, 11) is 0. The Morgan fingerprint density at radius 2 is 2.21 bits per heavy atom. The molecule has 1 saturated heterocycles. The molecule has 104 valence electrons. The topological polar surface area (TPSA) is 45.5 Å². The lowest BCUT2D eigenvalue weighted by atomic mass is 10.1. The average Bonchev–Trinajstić information content (AvgIpc) is 2.76. The zero-order chi connectivity index (χ0) is 13.4. The maximum Gasteiger partial charge on any atom is 0.220 e. The highest BCUT2D eigenvalue weighted by Crippen LogP contribution is 2.53. The average molecular weight is 262 g/mol. The van der Waals surface area contributed by atoms with Crippen molar-refractivity contribution in [3.8, 4) is 0 Å². The SMILES string of the molecule is CC(C)NC(=O)CC1[C@H]2CN(Cc3ccco3)C[C@@H]12. The Labute approximate surface area is 114 Å². The monoisotopic (exact) mass is 262 g/mol. The van der Waals surface area contributed by atoms with Gasteiger partial charge in [0.25, 0.3) is 0 Å². The van der Waals surface area contributed by atoms with E-state index in [1.165, 1.54) is 0 Å². The summed E-state index contributed by atoms with van der Waals surface area (Å²) in [6.07, 6.45) is 2.44. The number of fused-ring (bicyclic) bond motifs is 1. The van der Waals surface area contributed by atoms with Crippen LogP contribution < -0.4 is 5.32 Å². The van der Waals surface area contributed by atoms with E-state index in [9.17, 15) is 4.79 Å². The van der Waals surface area contributed by atoms with Crippen molar-refractivity contribution in [3.63, 3.8) is 0 Å². The predicted molar refractivity (Wildman–Crippen MR) is 72.4 cm³/mol. The standard InChI is InChI=1S/C15H22N2O2/c1-10(2)16-15(18)6-12-13-8-17(9-14(12)13)7-11-4-3-5-19-11/h3-5,10,12-14H,6-9H2,1-2H3,(H,16,18)/t12?,13-,14+. The summed E-state index contributed by atoms with van der Waals surface area (Å²) in [6.45, 7) is 7.16. The third-order valence-corrected chi connectivity index (χ3v) is 4.28. The Morgan fingerprint density at radius 3 is 2.79 bits per heavy atom. The minimum atomic E-state index is 0.215. The molecule has 3 atom stereocenters. The predicted octanol–water partition coefficient (Wildman–Crippen LogP) is 1.87. The highest BCUT2D eigenvalue weighted by molar-refractivity contribution is 5.76. The molecule has 1 aliphatic carbocycles. The third-order valence-electron chi connectivity index (χ3n) is 4.28. The van der Waals surface area contributed by atoms with E-state index in [0.717, 1.165) is 37.2 Å². The summed E-state index contributed by atoms with van der Waals surface area (Å²) in [5.41, 5.74) is 0. The molecule has 4 heteroatoms. The second kappa shape index (κ2) is 5.00. The molecule has 0 spiro atoms. The molecule has 1 N–H and O–H groups in total. The van der Waals surface area contributed by atoms with Gasteiger partial charge in [-0.3, -0.25) is 9.69 Å². The molecule has 19 heavy (non-hydrogen) atoms. The van der Waals surface area contributed by atoms with Crippen molar-refractivity contribution < 1.29 is 9.21 Å². The van der Waals surface area contributed by atoms with Crippen molar-refractivity contribution in [2.45, 2.75) is 32.9 Å². The van der Waals surface area contributed by atoms with Crippen LogP contribution in [0.2, 0.25) is 0 Å². The molecular formula is C15H22N2O2. The van der Waals surface area contributed by atoms with Gasteiger partial charge < -0.3 is 9.73 Å². The van der Waals surface area contributed by atoms with Crippen LogP contribution >= 0.6 is 0 Å². The molecule has 0 radical (unpaired) electrons. The van der Waals surface area contributed by atoms with E-state index >= 15 is 0 Å². The van der Waals surface area contributed by atoms with Gasteiger partial charge in [0.05, 0.1) is 12.8 Å². The molecule has 2 aliphatic rings. The number of carbonyl (C=O) groups is 1. The molecule has 3 rings (SSSR count). The van der Waals surface area contributed by atoms with Crippen LogP contribution in [0.3, 0.4) is 0 Å². The number of nitrogens with one attached hydrogen (secondary N) is 1. The lowest BCUT2D eigenvalue weighted by molar-refractivity contribution is -0.122. The van der Waals surface area contributed by atoms with Gasteiger partial charge in [-0.1, -0.05) is 0 Å². The van der Waals surface area contributed by atoms with E-state index in [0.29, 0.717) is 12.3 Å². The maximum absolute atomic E-state index is 11.7. The van der Waals surface area contributed by atoms with Crippen LogP contribution in [0.25, 0.3) is 0 Å². The number of amides is 1. The van der Waals surface area contributed by atoms with Crippen molar-refractivity contribution in [2.75, 3.05) is 13.1 Å². The molecular weight excluding hydrogens is 240 g/mol. The third kappa shape index (κ3) is 2.84. The van der Waals surface area contributed by atoms with Gasteiger partial charge in [-0.25, -0.2) is 0 Å². The van der Waals surface area contributed by atoms with Crippen LogP contribution in [0.1, 0.15) is 26.0 Å². The Kier molecular flexibility index (Phi) is 3.35. The first-order valence-electron chi connectivity index (χ1n) is 7.17. The summed E-state index contributed by atoms with van der Waals surface area (Å²) in [5.74, 6) is 3.33. The molecule has 0 bridgehead atoms. The summed E-state index contributed by atoms with van der Waals surface area (Å²) in [6, 6.07) is 4.21. The molecule has 1 saturated carbocycles. The summed E-state index contributed by atoms with van der Waals surface area (Å²) in [4.78, 5) is 14.2. The van der Waals surface area contributed by atoms with E-state index < -0.39 is 0 Å². The van der Waals surface area contributed by atoms with Gasteiger partial charge in [0.15, 0.2) is 0 Å². The van der Waals surface area contributed by atoms with E-state index in [1.807, 2.05) is 26.0 Å². The van der Waals surface area contributed by atoms with Gasteiger partial charge in [0, 0.05) is 25.6 Å². The van der Waals surface area contributed by atoms with Crippen LogP contribution in [0.15, 0.2) is 22.8 Å². The fourth-order valence-corrected chi connectivity index (χ4v) is 3.39. The van der Waals surface area contributed by atoms with E-state index in [4.69, 9.17) is 4.42 Å². The van der Waals surface area contributed by atoms with Crippen molar-refractivity contribution in [1.29, 1.82) is 0 Å². The molecule has 1 aromatic rings. The Balaban J connectivity index is 1.42. The first kappa shape index (κ1) is 12.7. The van der Waals surface area contributed by atoms with Gasteiger partial charge in [0.1, 0.15) is 5.76 Å². The maximum atomic E-state index is 11.7. The molecule has 4 nitrogen and oxygen atoms in total. The van der Waals surface area contributed by atoms with Crippen LogP contribution in [0.4, 0.5) is 0 Å². The molecule has 1 unspecified atom stereocenters. The second-order valence-electron chi connectivity index (χ2n) is 6.19. The number of hydrogen-bond acceptors (Lipinski definition) is 3. The van der Waals surface area contributed by atoms with Crippen molar-refractivity contribution in [3.05, 3.63) is 24.2 Å². The van der Waals surface area contributed by atoms with Crippen molar-refractivity contribution in [1.82, 2.24) is 10.2 Å². The summed E-state index contributed by atoms with van der Waals surface area (Å²) < 4.78 is 5.37. The number of likely N-dealkylation sites (tertiary alicyclic amines) is 1. The number of carbonyl (C=O) groups excluding carboxylic acids is 1. The minimum absolute atomic E-state index is 0.215. The normalized spacial score (nSPS) is 29.5. The summed E-state index contributed by atoms with van der Waals surface area (Å²) in [5, 5.41) is 2.98.